The number of carbonyl (C=O) groups excluding carboxylic acids is 1. The van der Waals surface area contributed by atoms with Gasteiger partial charge in [-0.3, -0.25) is 4.98 Å². The van der Waals surface area contributed by atoms with Crippen molar-refractivity contribution in [1.29, 1.82) is 0 Å². The summed E-state index contributed by atoms with van der Waals surface area (Å²) in [6.07, 6.45) is 1.72. The number of fused-ring (bicyclic) bond motifs is 2. The summed E-state index contributed by atoms with van der Waals surface area (Å²) in [7, 11) is 0. The van der Waals surface area contributed by atoms with Gasteiger partial charge in [-0.1, -0.05) is 24.3 Å². The van der Waals surface area contributed by atoms with Crippen LogP contribution >= 0.6 is 0 Å². The maximum Gasteiger partial charge on any atom is 0.341 e. The van der Waals surface area contributed by atoms with Gasteiger partial charge in [-0.25, -0.2) is 4.79 Å². The Kier molecular flexibility index (Phi) is 8.57. The monoisotopic (exact) mass is 567 g/mol. The topological polar surface area (TPSA) is 64.1 Å². The molecule has 0 N–H and O–H groups in total. The molecule has 2 heterocycles. The molecule has 0 radical (unpaired) electrons. The van der Waals surface area contributed by atoms with Crippen LogP contribution in [0.25, 0.3) is 10.8 Å². The number of hydrogen-bond donors (Lipinski definition) is 0. The largest absolute Gasteiger partial charge is 0.493 e. The van der Waals surface area contributed by atoms with Gasteiger partial charge < -0.3 is 24.0 Å². The predicted molar refractivity (Wildman–Crippen MR) is 169 cm³/mol. The molecule has 1 aromatic heterocycles. The molecule has 5 rings (SSSR count). The van der Waals surface area contributed by atoms with Crippen LogP contribution < -0.4 is 19.3 Å². The molecule has 1 atom stereocenters. The minimum absolute atomic E-state index is 0.423. The van der Waals surface area contributed by atoms with Gasteiger partial charge in [-0.05, 0) is 71.2 Å². The van der Waals surface area contributed by atoms with E-state index < -0.39 is 11.6 Å². The fourth-order valence-corrected chi connectivity index (χ4v) is 6.23. The van der Waals surface area contributed by atoms with Crippen molar-refractivity contribution >= 4 is 28.1 Å². The highest BCUT2D eigenvalue weighted by atomic mass is 16.6. The zero-order valence-electron chi connectivity index (χ0n) is 25.6. The van der Waals surface area contributed by atoms with E-state index in [1.807, 2.05) is 32.0 Å². The summed E-state index contributed by atoms with van der Waals surface area (Å²) in [5.41, 5.74) is 3.16. The van der Waals surface area contributed by atoms with Gasteiger partial charge >= 0.3 is 5.97 Å². The van der Waals surface area contributed by atoms with Crippen LogP contribution in [0.2, 0.25) is 0 Å². The van der Waals surface area contributed by atoms with Crippen LogP contribution in [-0.2, 0) is 10.3 Å². The van der Waals surface area contributed by atoms with Gasteiger partial charge in [0, 0.05) is 66.8 Å². The van der Waals surface area contributed by atoms with Gasteiger partial charge in [0.15, 0.2) is 0 Å². The Hall–Kier alpha value is -4.26. The molecule has 0 aliphatic carbocycles. The molecule has 7 nitrogen and oxygen atoms in total. The molecule has 42 heavy (non-hydrogen) atoms. The average molecular weight is 568 g/mol. The molecule has 1 aliphatic heterocycles. The molecule has 0 bridgehead atoms. The number of anilines is 2. The Morgan fingerprint density at radius 2 is 1.43 bits per heavy atom. The van der Waals surface area contributed by atoms with Gasteiger partial charge in [0.05, 0.1) is 24.3 Å². The van der Waals surface area contributed by atoms with E-state index in [0.717, 1.165) is 53.9 Å². The van der Waals surface area contributed by atoms with Crippen LogP contribution in [0.1, 0.15) is 68.7 Å². The number of benzene rings is 3. The van der Waals surface area contributed by atoms with Gasteiger partial charge in [0.2, 0.25) is 5.60 Å². The van der Waals surface area contributed by atoms with Crippen molar-refractivity contribution in [3.63, 3.8) is 0 Å². The highest BCUT2D eigenvalue weighted by Gasteiger charge is 2.54. The lowest BCUT2D eigenvalue weighted by Crippen LogP contribution is -2.33. The fourth-order valence-electron chi connectivity index (χ4n) is 6.23. The normalized spacial score (nSPS) is 15.8. The molecule has 7 heteroatoms. The van der Waals surface area contributed by atoms with Crippen LogP contribution in [-0.4, -0.2) is 50.3 Å². The SMILES string of the molecule is CCOc1cc(N(CC)CC)ccc1C1(c2c(OCC)cc(N(CC)CC)c3ccccc23)OC(=O)c2cccnc21. The number of rotatable bonds is 12. The van der Waals surface area contributed by atoms with Crippen molar-refractivity contribution in [3.05, 3.63) is 89.2 Å². The third-order valence-corrected chi connectivity index (χ3v) is 8.12. The molecule has 0 saturated heterocycles. The Balaban J connectivity index is 1.94. The molecule has 0 saturated carbocycles. The van der Waals surface area contributed by atoms with E-state index in [2.05, 4.69) is 67.8 Å². The van der Waals surface area contributed by atoms with Crippen molar-refractivity contribution in [2.24, 2.45) is 0 Å². The average Bonchev–Trinajstić information content (AvgIpc) is 3.31. The van der Waals surface area contributed by atoms with E-state index in [9.17, 15) is 4.79 Å². The van der Waals surface area contributed by atoms with Crippen LogP contribution in [0.5, 0.6) is 11.5 Å². The number of carbonyl (C=O) groups is 1. The van der Waals surface area contributed by atoms with Crippen molar-refractivity contribution < 1.29 is 19.0 Å². The minimum Gasteiger partial charge on any atom is -0.493 e. The van der Waals surface area contributed by atoms with Crippen molar-refractivity contribution in [2.75, 3.05) is 49.2 Å². The first-order chi connectivity index (χ1) is 20.5. The standard InChI is InChI=1S/C35H41N3O4/c1-7-37(8-2)24-19-20-28(30(22-24)40-11-5)35(33-27(34(39)42-35)18-15-21-36-33)32-26-17-14-13-16-25(26)29(38(9-3)10-4)23-31(32)41-12-6/h13-23H,7-12H2,1-6H3. The summed E-state index contributed by atoms with van der Waals surface area (Å²) >= 11 is 0. The van der Waals surface area contributed by atoms with E-state index in [1.54, 1.807) is 18.3 Å². The molecule has 1 aliphatic rings. The molecule has 3 aromatic carbocycles. The van der Waals surface area contributed by atoms with E-state index >= 15 is 0 Å². The highest BCUT2D eigenvalue weighted by Crippen LogP contribution is 2.55. The van der Waals surface area contributed by atoms with Gasteiger partial charge in [-0.2, -0.15) is 0 Å². The van der Waals surface area contributed by atoms with Crippen molar-refractivity contribution in [1.82, 2.24) is 4.98 Å². The molecular weight excluding hydrogens is 526 g/mol. The number of ether oxygens (including phenoxy) is 3. The smallest absolute Gasteiger partial charge is 0.341 e. The number of aromatic nitrogens is 1. The minimum atomic E-state index is -1.40. The van der Waals surface area contributed by atoms with Gasteiger partial charge in [0.1, 0.15) is 17.2 Å². The second-order valence-corrected chi connectivity index (χ2v) is 10.2. The summed E-state index contributed by atoms with van der Waals surface area (Å²) in [6, 6.07) is 20.1. The summed E-state index contributed by atoms with van der Waals surface area (Å²) in [5, 5.41) is 1.99. The maximum absolute atomic E-state index is 13.7. The number of cyclic esters (lactones) is 1. The molecule has 1 unspecified atom stereocenters. The number of hydrogen-bond acceptors (Lipinski definition) is 7. The zero-order valence-corrected chi connectivity index (χ0v) is 25.6. The van der Waals surface area contributed by atoms with Gasteiger partial charge in [0.25, 0.3) is 0 Å². The van der Waals surface area contributed by atoms with Crippen LogP contribution in [0, 0.1) is 0 Å². The van der Waals surface area contributed by atoms with E-state index in [0.29, 0.717) is 41.5 Å². The number of nitrogens with zero attached hydrogens (tertiary/aromatic N) is 3. The molecule has 0 fully saturated rings. The third kappa shape index (κ3) is 4.71. The summed E-state index contributed by atoms with van der Waals surface area (Å²) in [5.74, 6) is 0.875. The first kappa shape index (κ1) is 29.2. The van der Waals surface area contributed by atoms with Crippen LogP contribution in [0.4, 0.5) is 11.4 Å². The second-order valence-electron chi connectivity index (χ2n) is 10.2. The van der Waals surface area contributed by atoms with Gasteiger partial charge in [-0.15, -0.1) is 0 Å². The number of pyridine rings is 1. The van der Waals surface area contributed by atoms with Crippen LogP contribution in [0.3, 0.4) is 0 Å². The Morgan fingerprint density at radius 3 is 2.10 bits per heavy atom. The molecular formula is C35H41N3O4. The molecule has 0 amide bonds. The summed E-state index contributed by atoms with van der Waals surface area (Å²) in [4.78, 5) is 23.1. The lowest BCUT2D eigenvalue weighted by molar-refractivity contribution is 0.0232. The Labute approximate surface area is 249 Å². The third-order valence-electron chi connectivity index (χ3n) is 8.12. The van der Waals surface area contributed by atoms with Crippen LogP contribution in [0.15, 0.2) is 66.9 Å². The lowest BCUT2D eigenvalue weighted by Gasteiger charge is -2.35. The quantitative estimate of drug-likeness (QED) is 0.168. The first-order valence-electron chi connectivity index (χ1n) is 15.1. The van der Waals surface area contributed by atoms with Crippen molar-refractivity contribution in [3.8, 4) is 11.5 Å². The fraction of sp³-hybridized carbons (Fsp3) is 0.371. The summed E-state index contributed by atoms with van der Waals surface area (Å²) in [6.45, 7) is 16.8. The Morgan fingerprint density at radius 1 is 0.762 bits per heavy atom. The summed E-state index contributed by atoms with van der Waals surface area (Å²) < 4.78 is 19.4. The highest BCUT2D eigenvalue weighted by molar-refractivity contribution is 6.02. The zero-order chi connectivity index (χ0) is 29.9. The lowest BCUT2D eigenvalue weighted by atomic mass is 9.79. The van der Waals surface area contributed by atoms with E-state index in [4.69, 9.17) is 19.2 Å². The number of esters is 1. The van der Waals surface area contributed by atoms with Crippen molar-refractivity contribution in [2.45, 2.75) is 47.1 Å². The molecule has 220 valence electrons. The Bertz CT molecular complexity index is 1580. The molecule has 0 spiro atoms. The van der Waals surface area contributed by atoms with E-state index in [-0.39, 0.29) is 0 Å². The second kappa shape index (κ2) is 12.3. The maximum atomic E-state index is 13.7. The molecule has 4 aromatic rings. The first-order valence-corrected chi connectivity index (χ1v) is 15.1. The van der Waals surface area contributed by atoms with E-state index in [1.165, 1.54) is 0 Å². The predicted octanol–water partition coefficient (Wildman–Crippen LogP) is 7.19.